The van der Waals surface area contributed by atoms with Gasteiger partial charge in [-0.3, -0.25) is 4.99 Å². The van der Waals surface area contributed by atoms with Gasteiger partial charge in [-0.05, 0) is 43.4 Å². The van der Waals surface area contributed by atoms with Crippen molar-refractivity contribution in [3.05, 3.63) is 24.3 Å². The van der Waals surface area contributed by atoms with Crippen molar-refractivity contribution in [2.24, 2.45) is 4.99 Å². The fourth-order valence-electron chi connectivity index (χ4n) is 1.96. The first-order chi connectivity index (χ1) is 11.3. The largest absolute Gasteiger partial charge is 0.497 e. The van der Waals surface area contributed by atoms with E-state index in [0.717, 1.165) is 37.0 Å². The van der Waals surface area contributed by atoms with Crippen LogP contribution in [0.2, 0.25) is 0 Å². The molecule has 0 aliphatic rings. The van der Waals surface area contributed by atoms with Crippen LogP contribution < -0.4 is 20.1 Å². The number of hydrogen-bond donors (Lipinski definition) is 2. The third-order valence-electron chi connectivity index (χ3n) is 3.21. The van der Waals surface area contributed by atoms with E-state index in [1.165, 1.54) is 18.6 Å². The maximum Gasteiger partial charge on any atom is 0.190 e. The molecule has 0 fully saturated rings. The molecule has 0 bridgehead atoms. The third-order valence-corrected chi connectivity index (χ3v) is 3.91. The van der Waals surface area contributed by atoms with E-state index in [4.69, 9.17) is 9.47 Å². The number of rotatable bonds is 11. The highest BCUT2D eigenvalue weighted by atomic mass is 32.2. The second-order valence-electron chi connectivity index (χ2n) is 5.01. The number of benzene rings is 1. The molecule has 1 aromatic rings. The molecule has 1 rings (SSSR count). The Morgan fingerprint density at radius 3 is 2.57 bits per heavy atom. The summed E-state index contributed by atoms with van der Waals surface area (Å²) in [6.07, 6.45) is 5.45. The molecule has 0 amide bonds. The van der Waals surface area contributed by atoms with Crippen LogP contribution in [0.25, 0.3) is 0 Å². The van der Waals surface area contributed by atoms with Crippen LogP contribution in [0.1, 0.15) is 19.3 Å². The number of unbranched alkanes of at least 4 members (excludes halogenated alkanes) is 1. The lowest BCUT2D eigenvalue weighted by molar-refractivity contribution is 0.308. The Balaban J connectivity index is 2.10. The summed E-state index contributed by atoms with van der Waals surface area (Å²) in [5.41, 5.74) is 0. The van der Waals surface area contributed by atoms with Crippen LogP contribution in [0.15, 0.2) is 29.3 Å². The van der Waals surface area contributed by atoms with Gasteiger partial charge in [0, 0.05) is 26.2 Å². The third kappa shape index (κ3) is 9.23. The van der Waals surface area contributed by atoms with Crippen molar-refractivity contribution >= 4 is 17.7 Å². The van der Waals surface area contributed by atoms with Crippen LogP contribution in [0.4, 0.5) is 0 Å². The summed E-state index contributed by atoms with van der Waals surface area (Å²) in [4.78, 5) is 4.22. The van der Waals surface area contributed by atoms with Crippen molar-refractivity contribution in [1.82, 2.24) is 10.6 Å². The van der Waals surface area contributed by atoms with Crippen LogP contribution in [0, 0.1) is 0 Å². The average Bonchev–Trinajstić information content (AvgIpc) is 2.59. The van der Waals surface area contributed by atoms with Gasteiger partial charge in [0.1, 0.15) is 11.5 Å². The fraction of sp³-hybridized carbons (Fsp3) is 0.588. The summed E-state index contributed by atoms with van der Waals surface area (Å²) in [6.45, 7) is 2.44. The minimum atomic E-state index is 0.658. The number of methoxy groups -OCH3 is 1. The minimum absolute atomic E-state index is 0.658. The molecule has 0 atom stereocenters. The van der Waals surface area contributed by atoms with Crippen molar-refractivity contribution in [3.63, 3.8) is 0 Å². The van der Waals surface area contributed by atoms with Crippen molar-refractivity contribution in [3.8, 4) is 11.5 Å². The van der Waals surface area contributed by atoms with Crippen molar-refractivity contribution in [1.29, 1.82) is 0 Å². The number of ether oxygens (including phenoxy) is 2. The number of nitrogens with zero attached hydrogens (tertiary/aromatic N) is 1. The zero-order valence-corrected chi connectivity index (χ0v) is 15.2. The summed E-state index contributed by atoms with van der Waals surface area (Å²) in [7, 11) is 3.45. The first kappa shape index (κ1) is 19.5. The van der Waals surface area contributed by atoms with Gasteiger partial charge in [0.15, 0.2) is 5.96 Å². The van der Waals surface area contributed by atoms with Crippen molar-refractivity contribution < 1.29 is 9.47 Å². The molecule has 5 nitrogen and oxygen atoms in total. The number of hydrogen-bond acceptors (Lipinski definition) is 4. The zero-order chi connectivity index (χ0) is 16.8. The van der Waals surface area contributed by atoms with Gasteiger partial charge < -0.3 is 20.1 Å². The molecular weight excluding hydrogens is 310 g/mol. The normalized spacial score (nSPS) is 11.2. The van der Waals surface area contributed by atoms with E-state index in [0.29, 0.717) is 6.61 Å². The van der Waals surface area contributed by atoms with E-state index in [-0.39, 0.29) is 0 Å². The van der Waals surface area contributed by atoms with E-state index in [2.05, 4.69) is 21.9 Å². The van der Waals surface area contributed by atoms with E-state index in [9.17, 15) is 0 Å². The summed E-state index contributed by atoms with van der Waals surface area (Å²) < 4.78 is 10.9. The van der Waals surface area contributed by atoms with Crippen LogP contribution in [-0.4, -0.2) is 51.8 Å². The molecule has 0 aliphatic carbocycles. The predicted octanol–water partition coefficient (Wildman–Crippen LogP) is 2.77. The zero-order valence-electron chi connectivity index (χ0n) is 14.4. The average molecular weight is 340 g/mol. The Bertz CT molecular complexity index is 455. The molecule has 0 unspecified atom stereocenters. The molecule has 0 aromatic heterocycles. The van der Waals surface area contributed by atoms with E-state index >= 15 is 0 Å². The summed E-state index contributed by atoms with van der Waals surface area (Å²) in [5, 5.41) is 6.62. The molecule has 1 aromatic carbocycles. The van der Waals surface area contributed by atoms with Gasteiger partial charge >= 0.3 is 0 Å². The van der Waals surface area contributed by atoms with Gasteiger partial charge in [-0.2, -0.15) is 11.8 Å². The molecule has 0 saturated heterocycles. The SMILES string of the molecule is CN=C(NCCCCSC)NCCCOc1cccc(OC)c1. The lowest BCUT2D eigenvalue weighted by Gasteiger charge is -2.12. The maximum absolute atomic E-state index is 5.71. The number of nitrogens with one attached hydrogen (secondary N) is 2. The van der Waals surface area contributed by atoms with Crippen molar-refractivity contribution in [2.45, 2.75) is 19.3 Å². The van der Waals surface area contributed by atoms with Gasteiger partial charge in [-0.1, -0.05) is 6.07 Å². The van der Waals surface area contributed by atoms with E-state index in [1.54, 1.807) is 14.2 Å². The van der Waals surface area contributed by atoms with Crippen LogP contribution in [0.5, 0.6) is 11.5 Å². The van der Waals surface area contributed by atoms with Crippen LogP contribution in [0.3, 0.4) is 0 Å². The predicted molar refractivity (Wildman–Crippen MR) is 100 cm³/mol. The van der Waals surface area contributed by atoms with Crippen LogP contribution >= 0.6 is 11.8 Å². The Kier molecular flexibility index (Phi) is 11.0. The summed E-state index contributed by atoms with van der Waals surface area (Å²) in [5.74, 6) is 3.72. The highest BCUT2D eigenvalue weighted by molar-refractivity contribution is 7.98. The highest BCUT2D eigenvalue weighted by Gasteiger charge is 1.99. The Morgan fingerprint density at radius 1 is 1.13 bits per heavy atom. The molecule has 2 N–H and O–H groups in total. The quantitative estimate of drug-likeness (QED) is 0.369. The smallest absolute Gasteiger partial charge is 0.190 e. The molecule has 23 heavy (non-hydrogen) atoms. The number of guanidine groups is 1. The molecule has 0 spiro atoms. The maximum atomic E-state index is 5.71. The van der Waals surface area contributed by atoms with E-state index < -0.39 is 0 Å². The van der Waals surface area contributed by atoms with E-state index in [1.807, 2.05) is 36.0 Å². The monoisotopic (exact) mass is 339 g/mol. The Labute approximate surface area is 144 Å². The fourth-order valence-corrected chi connectivity index (χ4v) is 2.45. The van der Waals surface area contributed by atoms with Crippen LogP contribution in [-0.2, 0) is 0 Å². The summed E-state index contributed by atoms with van der Waals surface area (Å²) in [6, 6.07) is 7.66. The molecule has 0 heterocycles. The standard InChI is InChI=1S/C17H29N3O2S/c1-18-17(19-10-4-5-13-23-3)20-11-7-12-22-16-9-6-8-15(14-16)21-2/h6,8-9,14H,4-5,7,10-13H2,1-3H3,(H2,18,19,20). The molecule has 0 radical (unpaired) electrons. The van der Waals surface area contributed by atoms with Gasteiger partial charge in [0.2, 0.25) is 0 Å². The van der Waals surface area contributed by atoms with Gasteiger partial charge in [0.05, 0.1) is 13.7 Å². The number of aliphatic imine (C=N–C) groups is 1. The lowest BCUT2D eigenvalue weighted by Crippen LogP contribution is -2.38. The molecular formula is C17H29N3O2S. The lowest BCUT2D eigenvalue weighted by atomic mass is 10.3. The first-order valence-corrected chi connectivity index (χ1v) is 9.40. The van der Waals surface area contributed by atoms with Gasteiger partial charge in [-0.25, -0.2) is 0 Å². The highest BCUT2D eigenvalue weighted by Crippen LogP contribution is 2.18. The topological polar surface area (TPSA) is 54.9 Å². The minimum Gasteiger partial charge on any atom is -0.497 e. The number of thioether (sulfide) groups is 1. The van der Waals surface area contributed by atoms with Crippen molar-refractivity contribution in [2.75, 3.05) is 45.9 Å². The second-order valence-corrected chi connectivity index (χ2v) is 5.99. The molecule has 130 valence electrons. The molecule has 0 saturated carbocycles. The molecule has 0 aliphatic heterocycles. The first-order valence-electron chi connectivity index (χ1n) is 8.00. The molecule has 6 heteroatoms. The van der Waals surface area contributed by atoms with Gasteiger partial charge in [-0.15, -0.1) is 0 Å². The second kappa shape index (κ2) is 12.9. The van der Waals surface area contributed by atoms with Gasteiger partial charge in [0.25, 0.3) is 0 Å². The Hall–Kier alpha value is -1.56. The Morgan fingerprint density at radius 2 is 1.87 bits per heavy atom. The summed E-state index contributed by atoms with van der Waals surface area (Å²) >= 11 is 1.89.